The highest BCUT2D eigenvalue weighted by atomic mass is 32.2. The van der Waals surface area contributed by atoms with Crippen molar-refractivity contribution in [2.24, 2.45) is 10.4 Å². The molecule has 0 aromatic rings. The van der Waals surface area contributed by atoms with E-state index in [1.807, 2.05) is 4.90 Å². The average Bonchev–Trinajstić information content (AvgIpc) is 2.78. The molecule has 0 bridgehead atoms. The Morgan fingerprint density at radius 1 is 1.55 bits per heavy atom. The summed E-state index contributed by atoms with van der Waals surface area (Å²) in [4.78, 5) is 17.7. The van der Waals surface area contributed by atoms with Gasteiger partial charge >= 0.3 is 5.51 Å². The number of hydrogen-bond donors (Lipinski definition) is 2. The maximum Gasteiger partial charge on any atom is 0.441 e. The van der Waals surface area contributed by atoms with Crippen LogP contribution in [0.2, 0.25) is 0 Å². The topological polar surface area (TPSA) is 56.7 Å². The van der Waals surface area contributed by atoms with Crippen molar-refractivity contribution in [3.63, 3.8) is 0 Å². The zero-order chi connectivity index (χ0) is 16.2. The zero-order valence-corrected chi connectivity index (χ0v) is 13.3. The fraction of sp³-hybridized carbons (Fsp3) is 0.846. The lowest BCUT2D eigenvalue weighted by atomic mass is 9.79. The molecule has 2 fully saturated rings. The second-order valence-electron chi connectivity index (χ2n) is 5.75. The molecule has 0 saturated carbocycles. The molecule has 0 aromatic carbocycles. The van der Waals surface area contributed by atoms with Crippen LogP contribution >= 0.6 is 11.8 Å². The van der Waals surface area contributed by atoms with Gasteiger partial charge in [-0.15, -0.1) is 0 Å². The molecule has 2 rings (SSSR count). The summed E-state index contributed by atoms with van der Waals surface area (Å²) in [5.41, 5.74) is -4.26. The number of carbonyl (C=O) groups excluding carboxylic acids is 1. The first-order valence-electron chi connectivity index (χ1n) is 7.27. The lowest BCUT2D eigenvalue weighted by Crippen LogP contribution is -2.51. The third kappa shape index (κ3) is 4.69. The molecule has 126 valence electrons. The van der Waals surface area contributed by atoms with Crippen LogP contribution in [0.15, 0.2) is 4.99 Å². The van der Waals surface area contributed by atoms with Crippen LogP contribution in [0, 0.1) is 5.41 Å². The van der Waals surface area contributed by atoms with Crippen LogP contribution in [0.25, 0.3) is 0 Å². The average molecular weight is 338 g/mol. The van der Waals surface area contributed by atoms with E-state index in [0.29, 0.717) is 25.5 Å². The van der Waals surface area contributed by atoms with Crippen molar-refractivity contribution in [2.75, 3.05) is 39.0 Å². The Morgan fingerprint density at radius 2 is 2.32 bits per heavy atom. The maximum absolute atomic E-state index is 12.1. The number of piperidine rings is 1. The van der Waals surface area contributed by atoms with Crippen LogP contribution in [0.4, 0.5) is 13.2 Å². The number of nitrogens with one attached hydrogen (secondary N) is 2. The summed E-state index contributed by atoms with van der Waals surface area (Å²) in [6, 6.07) is 0. The SMILES string of the molecule is CN=C(NCCSC(F)(F)F)N1CCCC2(CNC(=O)C2)C1. The normalized spacial score (nSPS) is 26.5. The highest BCUT2D eigenvalue weighted by Crippen LogP contribution is 2.36. The number of hydrogen-bond acceptors (Lipinski definition) is 3. The highest BCUT2D eigenvalue weighted by Gasteiger charge is 2.42. The largest absolute Gasteiger partial charge is 0.441 e. The first-order valence-corrected chi connectivity index (χ1v) is 8.25. The fourth-order valence-corrected chi connectivity index (χ4v) is 3.53. The van der Waals surface area contributed by atoms with E-state index in [1.165, 1.54) is 0 Å². The van der Waals surface area contributed by atoms with Gasteiger partial charge in [0, 0.05) is 50.8 Å². The quantitative estimate of drug-likeness (QED) is 0.464. The number of halogens is 3. The third-order valence-electron chi connectivity index (χ3n) is 4.02. The first-order chi connectivity index (χ1) is 10.3. The molecular weight excluding hydrogens is 317 g/mol. The van der Waals surface area contributed by atoms with E-state index >= 15 is 0 Å². The highest BCUT2D eigenvalue weighted by molar-refractivity contribution is 8.00. The molecule has 2 aliphatic heterocycles. The van der Waals surface area contributed by atoms with Gasteiger partial charge in [0.2, 0.25) is 5.91 Å². The van der Waals surface area contributed by atoms with Crippen molar-refractivity contribution in [1.29, 1.82) is 0 Å². The monoisotopic (exact) mass is 338 g/mol. The Morgan fingerprint density at radius 3 is 2.91 bits per heavy atom. The lowest BCUT2D eigenvalue weighted by Gasteiger charge is -2.40. The van der Waals surface area contributed by atoms with Crippen LogP contribution in [-0.2, 0) is 4.79 Å². The van der Waals surface area contributed by atoms with Crippen LogP contribution < -0.4 is 10.6 Å². The molecule has 2 saturated heterocycles. The van der Waals surface area contributed by atoms with Crippen LogP contribution in [0.5, 0.6) is 0 Å². The lowest BCUT2D eigenvalue weighted by molar-refractivity contribution is -0.119. The van der Waals surface area contributed by atoms with Gasteiger partial charge in [-0.1, -0.05) is 0 Å². The molecule has 1 spiro atoms. The number of alkyl halides is 3. The predicted molar refractivity (Wildman–Crippen MR) is 80.7 cm³/mol. The number of thioether (sulfide) groups is 1. The van der Waals surface area contributed by atoms with Crippen molar-refractivity contribution in [3.8, 4) is 0 Å². The molecule has 2 heterocycles. The number of carbonyl (C=O) groups is 1. The molecule has 1 atom stereocenters. The number of rotatable bonds is 3. The van der Waals surface area contributed by atoms with Gasteiger partial charge in [-0.05, 0) is 24.6 Å². The Bertz CT molecular complexity index is 443. The standard InChI is InChI=1S/C13H21F3N4OS/c1-17-11(18-4-6-22-13(14,15)16)20-5-2-3-12(9-20)7-10(21)19-8-12/h2-9H2,1H3,(H,17,18)(H,19,21). The predicted octanol–water partition coefficient (Wildman–Crippen LogP) is 1.42. The molecule has 1 unspecified atom stereocenters. The van der Waals surface area contributed by atoms with Gasteiger partial charge in [-0.3, -0.25) is 9.79 Å². The van der Waals surface area contributed by atoms with E-state index in [9.17, 15) is 18.0 Å². The van der Waals surface area contributed by atoms with Crippen molar-refractivity contribution < 1.29 is 18.0 Å². The van der Waals surface area contributed by atoms with Crippen LogP contribution in [-0.4, -0.2) is 61.3 Å². The van der Waals surface area contributed by atoms with E-state index in [4.69, 9.17) is 0 Å². The van der Waals surface area contributed by atoms with Gasteiger partial charge in [0.05, 0.1) is 0 Å². The van der Waals surface area contributed by atoms with Crippen molar-refractivity contribution in [3.05, 3.63) is 0 Å². The number of amides is 1. The summed E-state index contributed by atoms with van der Waals surface area (Å²) in [5, 5.41) is 5.85. The number of nitrogens with zero attached hydrogens (tertiary/aromatic N) is 2. The second kappa shape index (κ2) is 6.97. The first kappa shape index (κ1) is 17.2. The molecule has 2 aliphatic rings. The fourth-order valence-electron chi connectivity index (χ4n) is 3.09. The Hall–Kier alpha value is -1.12. The maximum atomic E-state index is 12.1. The molecule has 5 nitrogen and oxygen atoms in total. The molecule has 9 heteroatoms. The zero-order valence-electron chi connectivity index (χ0n) is 12.5. The van der Waals surface area contributed by atoms with Crippen molar-refractivity contribution in [2.45, 2.75) is 24.8 Å². The molecule has 0 aromatic heterocycles. The Kier molecular flexibility index (Phi) is 5.46. The molecule has 0 aliphatic carbocycles. The summed E-state index contributed by atoms with van der Waals surface area (Å²) in [5.74, 6) is 0.634. The van der Waals surface area contributed by atoms with Crippen molar-refractivity contribution >= 4 is 23.6 Å². The van der Waals surface area contributed by atoms with Gasteiger partial charge in [0.25, 0.3) is 0 Å². The molecule has 2 N–H and O–H groups in total. The molecule has 22 heavy (non-hydrogen) atoms. The van der Waals surface area contributed by atoms with Gasteiger partial charge in [0.15, 0.2) is 5.96 Å². The van der Waals surface area contributed by atoms with Gasteiger partial charge in [-0.2, -0.15) is 13.2 Å². The van der Waals surface area contributed by atoms with Crippen LogP contribution in [0.3, 0.4) is 0 Å². The summed E-state index contributed by atoms with van der Waals surface area (Å²) >= 11 is -0.0389. The second-order valence-corrected chi connectivity index (χ2v) is 6.91. The minimum atomic E-state index is -4.20. The van der Waals surface area contributed by atoms with E-state index in [-0.39, 0.29) is 35.4 Å². The minimum Gasteiger partial charge on any atom is -0.355 e. The van der Waals surface area contributed by atoms with Gasteiger partial charge in [0.1, 0.15) is 0 Å². The Balaban J connectivity index is 1.84. The summed E-state index contributed by atoms with van der Waals surface area (Å²) in [7, 11) is 1.62. The van der Waals surface area contributed by atoms with Crippen molar-refractivity contribution in [1.82, 2.24) is 15.5 Å². The summed E-state index contributed by atoms with van der Waals surface area (Å²) in [6.45, 7) is 2.39. The minimum absolute atomic E-state index is 0.0389. The summed E-state index contributed by atoms with van der Waals surface area (Å²) in [6.07, 6.45) is 2.46. The van der Waals surface area contributed by atoms with E-state index < -0.39 is 5.51 Å². The van der Waals surface area contributed by atoms with E-state index in [0.717, 1.165) is 19.4 Å². The van der Waals surface area contributed by atoms with Crippen LogP contribution in [0.1, 0.15) is 19.3 Å². The van der Waals surface area contributed by atoms with Gasteiger partial charge in [-0.25, -0.2) is 0 Å². The number of likely N-dealkylation sites (tertiary alicyclic amines) is 1. The van der Waals surface area contributed by atoms with Gasteiger partial charge < -0.3 is 15.5 Å². The molecule has 1 amide bonds. The molecule has 0 radical (unpaired) electrons. The Labute approximate surface area is 132 Å². The number of aliphatic imine (C=N–C) groups is 1. The smallest absolute Gasteiger partial charge is 0.355 e. The number of guanidine groups is 1. The van der Waals surface area contributed by atoms with E-state index in [2.05, 4.69) is 15.6 Å². The van der Waals surface area contributed by atoms with E-state index in [1.54, 1.807) is 7.05 Å². The third-order valence-corrected chi connectivity index (χ3v) is 4.76. The molecular formula is C13H21F3N4OS. The summed E-state index contributed by atoms with van der Waals surface area (Å²) < 4.78 is 36.3.